The van der Waals surface area contributed by atoms with Gasteiger partial charge in [0.15, 0.2) is 0 Å². The first-order valence-electron chi connectivity index (χ1n) is 8.40. The van der Waals surface area contributed by atoms with E-state index in [1.807, 2.05) is 30.3 Å². The summed E-state index contributed by atoms with van der Waals surface area (Å²) < 4.78 is 32.8. The molecule has 0 heterocycles. The number of hydrogen-bond acceptors (Lipinski definition) is 3. The maximum Gasteiger partial charge on any atom is 0.227 e. The molecule has 0 spiro atoms. The molecule has 0 aliphatic heterocycles. The number of carbonyl (C=O) groups excluding carboxylic acids is 1. The number of anilines is 3. The Hall–Kier alpha value is -3.41. The van der Waals surface area contributed by atoms with Gasteiger partial charge in [-0.05, 0) is 48.5 Å². The molecule has 27 heavy (non-hydrogen) atoms. The lowest BCUT2D eigenvalue weighted by Gasteiger charge is -2.10. The van der Waals surface area contributed by atoms with Crippen molar-refractivity contribution in [2.45, 2.75) is 6.42 Å². The minimum atomic E-state index is -0.675. The van der Waals surface area contributed by atoms with Gasteiger partial charge in [-0.25, -0.2) is 8.78 Å². The molecule has 6 heteroatoms. The SMILES string of the molecule is O=C(CCOc1ccccc1)Nc1ccc(Nc2c(F)cccc2F)cc1. The van der Waals surface area contributed by atoms with Crippen molar-refractivity contribution < 1.29 is 18.3 Å². The predicted molar refractivity (Wildman–Crippen MR) is 101 cm³/mol. The quantitative estimate of drug-likeness (QED) is 0.609. The fraction of sp³-hybridized carbons (Fsp3) is 0.0952. The average molecular weight is 368 g/mol. The predicted octanol–water partition coefficient (Wildman–Crippen LogP) is 5.12. The van der Waals surface area contributed by atoms with E-state index < -0.39 is 11.6 Å². The van der Waals surface area contributed by atoms with Crippen molar-refractivity contribution >= 4 is 23.0 Å². The molecule has 0 atom stereocenters. The zero-order valence-electron chi connectivity index (χ0n) is 14.4. The Bertz CT molecular complexity index is 880. The molecule has 1 amide bonds. The molecule has 138 valence electrons. The Morgan fingerprint density at radius 2 is 1.44 bits per heavy atom. The summed E-state index contributed by atoms with van der Waals surface area (Å²) >= 11 is 0. The van der Waals surface area contributed by atoms with Crippen LogP contribution in [0, 0.1) is 11.6 Å². The number of hydrogen-bond donors (Lipinski definition) is 2. The van der Waals surface area contributed by atoms with E-state index >= 15 is 0 Å². The number of rotatable bonds is 7. The first-order valence-corrected chi connectivity index (χ1v) is 8.40. The highest BCUT2D eigenvalue weighted by molar-refractivity contribution is 5.91. The van der Waals surface area contributed by atoms with Crippen molar-refractivity contribution in [3.8, 4) is 5.75 Å². The Labute approximate surface area is 155 Å². The smallest absolute Gasteiger partial charge is 0.227 e. The molecule has 0 radical (unpaired) electrons. The van der Waals surface area contributed by atoms with Gasteiger partial charge in [-0.3, -0.25) is 4.79 Å². The number of halogens is 2. The third-order valence-corrected chi connectivity index (χ3v) is 3.74. The van der Waals surface area contributed by atoms with Gasteiger partial charge < -0.3 is 15.4 Å². The van der Waals surface area contributed by atoms with Crippen LogP contribution in [-0.4, -0.2) is 12.5 Å². The van der Waals surface area contributed by atoms with E-state index in [0.717, 1.165) is 0 Å². The van der Waals surface area contributed by atoms with Crippen molar-refractivity contribution in [1.29, 1.82) is 0 Å². The molecule has 0 aromatic heterocycles. The molecular weight excluding hydrogens is 350 g/mol. The maximum atomic E-state index is 13.7. The third kappa shape index (κ3) is 5.28. The molecule has 0 fully saturated rings. The van der Waals surface area contributed by atoms with Crippen LogP contribution in [0.4, 0.5) is 25.8 Å². The molecule has 0 unspecified atom stereocenters. The zero-order chi connectivity index (χ0) is 19.1. The van der Waals surface area contributed by atoms with Gasteiger partial charge in [0, 0.05) is 11.4 Å². The van der Waals surface area contributed by atoms with Crippen LogP contribution in [0.5, 0.6) is 5.75 Å². The Balaban J connectivity index is 1.50. The Morgan fingerprint density at radius 1 is 0.815 bits per heavy atom. The van der Waals surface area contributed by atoms with Gasteiger partial charge in [-0.2, -0.15) is 0 Å². The number of amides is 1. The molecule has 3 rings (SSSR count). The molecule has 0 aliphatic rings. The molecule has 3 aromatic rings. The van der Waals surface area contributed by atoms with Gasteiger partial charge in [0.1, 0.15) is 23.1 Å². The van der Waals surface area contributed by atoms with Gasteiger partial charge >= 0.3 is 0 Å². The lowest BCUT2D eigenvalue weighted by molar-refractivity contribution is -0.116. The fourth-order valence-corrected chi connectivity index (χ4v) is 2.40. The van der Waals surface area contributed by atoms with Crippen LogP contribution in [0.15, 0.2) is 72.8 Å². The Kier molecular flexibility index (Phi) is 5.99. The highest BCUT2D eigenvalue weighted by atomic mass is 19.1. The van der Waals surface area contributed by atoms with Crippen molar-refractivity contribution in [3.63, 3.8) is 0 Å². The minimum absolute atomic E-state index is 0.188. The number of para-hydroxylation sites is 2. The lowest BCUT2D eigenvalue weighted by Crippen LogP contribution is -2.15. The van der Waals surface area contributed by atoms with Crippen LogP contribution in [0.2, 0.25) is 0 Å². The topological polar surface area (TPSA) is 50.4 Å². The van der Waals surface area contributed by atoms with Gasteiger partial charge in [-0.1, -0.05) is 24.3 Å². The van der Waals surface area contributed by atoms with Gasteiger partial charge in [0.05, 0.1) is 13.0 Å². The van der Waals surface area contributed by atoms with E-state index in [-0.39, 0.29) is 24.6 Å². The van der Waals surface area contributed by atoms with Gasteiger partial charge in [0.25, 0.3) is 0 Å². The monoisotopic (exact) mass is 368 g/mol. The Morgan fingerprint density at radius 3 is 2.11 bits per heavy atom. The van der Waals surface area contributed by atoms with Crippen LogP contribution >= 0.6 is 0 Å². The summed E-state index contributed by atoms with van der Waals surface area (Å²) in [5, 5.41) is 5.44. The van der Waals surface area contributed by atoms with Crippen molar-refractivity contribution in [2.24, 2.45) is 0 Å². The highest BCUT2D eigenvalue weighted by Gasteiger charge is 2.08. The zero-order valence-corrected chi connectivity index (χ0v) is 14.4. The van der Waals surface area contributed by atoms with Crippen LogP contribution in [-0.2, 0) is 4.79 Å². The van der Waals surface area contributed by atoms with E-state index in [2.05, 4.69) is 10.6 Å². The standard InChI is InChI=1S/C21H18F2N2O2/c22-18-7-4-8-19(23)21(18)25-16-11-9-15(10-12-16)24-20(26)13-14-27-17-5-2-1-3-6-17/h1-12,25H,13-14H2,(H,24,26). The highest BCUT2D eigenvalue weighted by Crippen LogP contribution is 2.24. The van der Waals surface area contributed by atoms with Crippen LogP contribution in [0.25, 0.3) is 0 Å². The summed E-state index contributed by atoms with van der Waals surface area (Å²) in [6.07, 6.45) is 0.204. The summed E-state index contributed by atoms with van der Waals surface area (Å²) in [5.74, 6) is -0.829. The number of ether oxygens (including phenoxy) is 1. The van der Waals surface area contributed by atoms with E-state index in [0.29, 0.717) is 17.1 Å². The molecule has 0 saturated carbocycles. The molecule has 3 aromatic carbocycles. The van der Waals surface area contributed by atoms with Crippen LogP contribution in [0.1, 0.15) is 6.42 Å². The molecule has 0 saturated heterocycles. The van der Waals surface area contributed by atoms with Gasteiger partial charge in [0.2, 0.25) is 5.91 Å². The molecule has 0 aliphatic carbocycles. The molecular formula is C21H18F2N2O2. The first-order chi connectivity index (χ1) is 13.1. The third-order valence-electron chi connectivity index (χ3n) is 3.74. The van der Waals surface area contributed by atoms with Crippen molar-refractivity contribution in [1.82, 2.24) is 0 Å². The van der Waals surface area contributed by atoms with Gasteiger partial charge in [-0.15, -0.1) is 0 Å². The lowest BCUT2D eigenvalue weighted by atomic mass is 10.2. The molecule has 0 bridgehead atoms. The van der Waals surface area contributed by atoms with Crippen LogP contribution < -0.4 is 15.4 Å². The largest absolute Gasteiger partial charge is 0.493 e. The van der Waals surface area contributed by atoms with Crippen LogP contribution in [0.3, 0.4) is 0 Å². The number of benzene rings is 3. The minimum Gasteiger partial charge on any atom is -0.493 e. The van der Waals surface area contributed by atoms with Crippen molar-refractivity contribution in [3.05, 3.63) is 84.4 Å². The van der Waals surface area contributed by atoms with E-state index in [4.69, 9.17) is 4.74 Å². The fourth-order valence-electron chi connectivity index (χ4n) is 2.40. The summed E-state index contributed by atoms with van der Waals surface area (Å²) in [4.78, 5) is 12.0. The van der Waals surface area contributed by atoms with E-state index in [9.17, 15) is 13.6 Å². The van der Waals surface area contributed by atoms with E-state index in [1.54, 1.807) is 24.3 Å². The number of nitrogens with one attached hydrogen (secondary N) is 2. The maximum absolute atomic E-state index is 13.7. The molecule has 2 N–H and O–H groups in total. The summed E-state index contributed by atoms with van der Waals surface area (Å²) in [6.45, 7) is 0.266. The second kappa shape index (κ2) is 8.80. The normalized spacial score (nSPS) is 10.3. The summed E-state index contributed by atoms with van der Waals surface area (Å²) in [6, 6.07) is 19.5. The van der Waals surface area contributed by atoms with Crippen molar-refractivity contribution in [2.75, 3.05) is 17.2 Å². The van der Waals surface area contributed by atoms with E-state index in [1.165, 1.54) is 18.2 Å². The summed E-state index contributed by atoms with van der Waals surface area (Å²) in [7, 11) is 0. The second-order valence-corrected chi connectivity index (χ2v) is 5.76. The molecule has 4 nitrogen and oxygen atoms in total. The summed E-state index contributed by atoms with van der Waals surface area (Å²) in [5.41, 5.74) is 0.871. The number of carbonyl (C=O) groups is 1. The average Bonchev–Trinajstić information content (AvgIpc) is 2.67. The second-order valence-electron chi connectivity index (χ2n) is 5.76. The first kappa shape index (κ1) is 18.4.